The van der Waals surface area contributed by atoms with Gasteiger partial charge in [0.05, 0.1) is 29.0 Å². The first-order valence-corrected chi connectivity index (χ1v) is 9.76. The molecule has 6 nitrogen and oxygen atoms in total. The van der Waals surface area contributed by atoms with Gasteiger partial charge in [-0.3, -0.25) is 9.58 Å². The van der Waals surface area contributed by atoms with Gasteiger partial charge in [-0.25, -0.2) is 4.98 Å². The minimum atomic E-state index is 0.670. The van der Waals surface area contributed by atoms with Gasteiger partial charge in [0.15, 0.2) is 0 Å². The fraction of sp³-hybridized carbons (Fsp3) is 0.500. The SMILES string of the molecule is c1ccc2[nH]c(C[C@H]3CCCN(Cc4cc5n(n4)CCNC5)C3)nc2c1. The molecule has 0 spiro atoms. The Kier molecular flexibility index (Phi) is 4.22. The smallest absolute Gasteiger partial charge is 0.107 e. The van der Waals surface area contributed by atoms with E-state index in [1.165, 1.54) is 30.8 Å². The predicted octanol–water partition coefficient (Wildman–Crippen LogP) is 2.32. The van der Waals surface area contributed by atoms with Crippen molar-refractivity contribution in [2.75, 3.05) is 19.6 Å². The van der Waals surface area contributed by atoms with E-state index in [2.05, 4.69) is 50.2 Å². The van der Waals surface area contributed by atoms with Crippen LogP contribution < -0.4 is 5.32 Å². The van der Waals surface area contributed by atoms with E-state index in [0.29, 0.717) is 5.92 Å². The first-order chi connectivity index (χ1) is 12.8. The average molecular weight is 350 g/mol. The van der Waals surface area contributed by atoms with E-state index in [0.717, 1.165) is 56.0 Å². The number of aromatic nitrogens is 4. The lowest BCUT2D eigenvalue weighted by molar-refractivity contribution is 0.164. The van der Waals surface area contributed by atoms with Crippen LogP contribution in [0.25, 0.3) is 11.0 Å². The molecule has 0 saturated carbocycles. The number of nitrogens with zero attached hydrogens (tertiary/aromatic N) is 4. The molecule has 0 bridgehead atoms. The number of aromatic amines is 1. The van der Waals surface area contributed by atoms with E-state index in [1.807, 2.05) is 0 Å². The van der Waals surface area contributed by atoms with Crippen LogP contribution in [0.1, 0.15) is 30.1 Å². The zero-order chi connectivity index (χ0) is 17.3. The molecule has 1 fully saturated rings. The van der Waals surface area contributed by atoms with E-state index in [4.69, 9.17) is 10.1 Å². The van der Waals surface area contributed by atoms with Crippen LogP contribution in [0, 0.1) is 5.92 Å². The third-order valence-corrected chi connectivity index (χ3v) is 5.63. The molecule has 5 rings (SSSR count). The van der Waals surface area contributed by atoms with Gasteiger partial charge in [-0.05, 0) is 43.5 Å². The van der Waals surface area contributed by atoms with E-state index in [-0.39, 0.29) is 0 Å². The highest BCUT2D eigenvalue weighted by Gasteiger charge is 2.22. The molecule has 6 heteroatoms. The molecule has 26 heavy (non-hydrogen) atoms. The number of para-hydroxylation sites is 2. The first kappa shape index (κ1) is 16.0. The van der Waals surface area contributed by atoms with Gasteiger partial charge in [-0.2, -0.15) is 5.10 Å². The summed E-state index contributed by atoms with van der Waals surface area (Å²) < 4.78 is 2.17. The Morgan fingerprint density at radius 3 is 3.08 bits per heavy atom. The number of fused-ring (bicyclic) bond motifs is 2. The van der Waals surface area contributed by atoms with Crippen molar-refractivity contribution >= 4 is 11.0 Å². The summed E-state index contributed by atoms with van der Waals surface area (Å²) in [5.74, 6) is 1.80. The molecule has 0 aliphatic carbocycles. The summed E-state index contributed by atoms with van der Waals surface area (Å²) >= 11 is 0. The zero-order valence-electron chi connectivity index (χ0n) is 15.1. The van der Waals surface area contributed by atoms with Gasteiger partial charge in [0, 0.05) is 32.6 Å². The van der Waals surface area contributed by atoms with Crippen molar-refractivity contribution < 1.29 is 0 Å². The predicted molar refractivity (Wildman–Crippen MR) is 102 cm³/mol. The Hall–Kier alpha value is -2.18. The lowest BCUT2D eigenvalue weighted by Gasteiger charge is -2.31. The Morgan fingerprint density at radius 1 is 1.19 bits per heavy atom. The summed E-state index contributed by atoms with van der Waals surface area (Å²) in [6.45, 7) is 6.24. The van der Waals surface area contributed by atoms with E-state index < -0.39 is 0 Å². The van der Waals surface area contributed by atoms with Crippen molar-refractivity contribution in [1.82, 2.24) is 30.0 Å². The molecule has 4 heterocycles. The number of nitrogens with one attached hydrogen (secondary N) is 2. The summed E-state index contributed by atoms with van der Waals surface area (Å²) in [7, 11) is 0. The third kappa shape index (κ3) is 3.27. The zero-order valence-corrected chi connectivity index (χ0v) is 15.1. The number of benzene rings is 1. The Labute approximate surface area is 153 Å². The Bertz CT molecular complexity index is 838. The fourth-order valence-corrected chi connectivity index (χ4v) is 4.40. The molecule has 2 aromatic heterocycles. The molecule has 0 amide bonds. The van der Waals surface area contributed by atoms with Crippen molar-refractivity contribution in [1.29, 1.82) is 0 Å². The van der Waals surface area contributed by atoms with Crippen LogP contribution in [0.2, 0.25) is 0 Å². The molecule has 0 unspecified atom stereocenters. The molecule has 0 radical (unpaired) electrons. The maximum absolute atomic E-state index is 4.80. The molecular weight excluding hydrogens is 324 g/mol. The van der Waals surface area contributed by atoms with E-state index in [9.17, 15) is 0 Å². The number of imidazole rings is 1. The number of hydrogen-bond donors (Lipinski definition) is 2. The van der Waals surface area contributed by atoms with Gasteiger partial charge in [-0.15, -0.1) is 0 Å². The van der Waals surface area contributed by atoms with Crippen LogP contribution in [0.5, 0.6) is 0 Å². The third-order valence-electron chi connectivity index (χ3n) is 5.63. The summed E-state index contributed by atoms with van der Waals surface area (Å²) in [5.41, 5.74) is 4.76. The normalized spacial score (nSPS) is 21.2. The lowest BCUT2D eigenvalue weighted by atomic mass is 9.94. The molecule has 1 atom stereocenters. The number of H-pyrrole nitrogens is 1. The van der Waals surface area contributed by atoms with Crippen molar-refractivity contribution in [3.05, 3.63) is 47.5 Å². The minimum Gasteiger partial charge on any atom is -0.342 e. The standard InChI is InChI=1S/C20H26N6/c1-2-6-19-18(5-1)22-20(23-19)10-15-4-3-8-25(13-15)14-16-11-17-12-21-7-9-26(17)24-16/h1-2,5-6,11,15,21H,3-4,7-10,12-14H2,(H,22,23)/t15-/m1/s1. The maximum Gasteiger partial charge on any atom is 0.107 e. The monoisotopic (exact) mass is 350 g/mol. The number of rotatable bonds is 4. The summed E-state index contributed by atoms with van der Waals surface area (Å²) in [5, 5.41) is 8.22. The van der Waals surface area contributed by atoms with Gasteiger partial charge in [-0.1, -0.05) is 12.1 Å². The highest BCUT2D eigenvalue weighted by Crippen LogP contribution is 2.23. The highest BCUT2D eigenvalue weighted by molar-refractivity contribution is 5.74. The summed E-state index contributed by atoms with van der Waals surface area (Å²) in [6.07, 6.45) is 3.59. The molecule has 2 N–H and O–H groups in total. The largest absolute Gasteiger partial charge is 0.342 e. The second-order valence-corrected chi connectivity index (χ2v) is 7.68. The van der Waals surface area contributed by atoms with Crippen LogP contribution in [-0.2, 0) is 26.1 Å². The molecule has 1 saturated heterocycles. The highest BCUT2D eigenvalue weighted by atomic mass is 15.3. The average Bonchev–Trinajstić information content (AvgIpc) is 3.24. The maximum atomic E-state index is 4.80. The van der Waals surface area contributed by atoms with E-state index >= 15 is 0 Å². The van der Waals surface area contributed by atoms with Gasteiger partial charge >= 0.3 is 0 Å². The van der Waals surface area contributed by atoms with Crippen LogP contribution in [0.4, 0.5) is 0 Å². The number of likely N-dealkylation sites (tertiary alicyclic amines) is 1. The van der Waals surface area contributed by atoms with Crippen molar-refractivity contribution in [3.63, 3.8) is 0 Å². The van der Waals surface area contributed by atoms with Gasteiger partial charge in [0.1, 0.15) is 5.82 Å². The summed E-state index contributed by atoms with van der Waals surface area (Å²) in [6, 6.07) is 10.6. The van der Waals surface area contributed by atoms with Crippen LogP contribution in [-0.4, -0.2) is 44.3 Å². The van der Waals surface area contributed by atoms with Crippen LogP contribution >= 0.6 is 0 Å². The summed E-state index contributed by atoms with van der Waals surface area (Å²) in [4.78, 5) is 10.8. The molecule has 3 aromatic rings. The van der Waals surface area contributed by atoms with E-state index in [1.54, 1.807) is 0 Å². The molecule has 1 aromatic carbocycles. The first-order valence-electron chi connectivity index (χ1n) is 9.76. The quantitative estimate of drug-likeness (QED) is 0.758. The second-order valence-electron chi connectivity index (χ2n) is 7.68. The van der Waals surface area contributed by atoms with Gasteiger partial charge < -0.3 is 10.3 Å². The minimum absolute atomic E-state index is 0.670. The van der Waals surface area contributed by atoms with Crippen molar-refractivity contribution in [3.8, 4) is 0 Å². The van der Waals surface area contributed by atoms with Gasteiger partial charge in [0.25, 0.3) is 0 Å². The lowest BCUT2D eigenvalue weighted by Crippen LogP contribution is -2.36. The van der Waals surface area contributed by atoms with Crippen molar-refractivity contribution in [2.24, 2.45) is 5.92 Å². The Balaban J connectivity index is 1.24. The van der Waals surface area contributed by atoms with Gasteiger partial charge in [0.2, 0.25) is 0 Å². The molecule has 2 aliphatic heterocycles. The second kappa shape index (κ2) is 6.85. The van der Waals surface area contributed by atoms with Crippen LogP contribution in [0.3, 0.4) is 0 Å². The fourth-order valence-electron chi connectivity index (χ4n) is 4.40. The number of piperidine rings is 1. The molecule has 2 aliphatic rings. The number of hydrogen-bond acceptors (Lipinski definition) is 4. The van der Waals surface area contributed by atoms with Crippen molar-refractivity contribution in [2.45, 2.75) is 38.9 Å². The Morgan fingerprint density at radius 2 is 2.15 bits per heavy atom. The van der Waals surface area contributed by atoms with Crippen LogP contribution in [0.15, 0.2) is 30.3 Å². The molecule has 136 valence electrons. The molecular formula is C20H26N6. The topological polar surface area (TPSA) is 61.8 Å².